The molecule has 160 valence electrons. The van der Waals surface area contributed by atoms with Gasteiger partial charge in [0.05, 0.1) is 5.92 Å². The number of likely N-dealkylation sites (tertiary alicyclic amines) is 1. The largest absolute Gasteiger partial charge is 0.455 e. The summed E-state index contributed by atoms with van der Waals surface area (Å²) in [7, 11) is -3.60. The van der Waals surface area contributed by atoms with E-state index in [1.807, 2.05) is 0 Å². The minimum atomic E-state index is -3.60. The first-order valence-corrected chi connectivity index (χ1v) is 11.8. The van der Waals surface area contributed by atoms with E-state index in [9.17, 15) is 18.0 Å². The van der Waals surface area contributed by atoms with E-state index in [1.165, 1.54) is 29.2 Å². The second-order valence-corrected chi connectivity index (χ2v) is 9.56. The quantitative estimate of drug-likeness (QED) is 0.670. The van der Waals surface area contributed by atoms with Crippen molar-refractivity contribution in [1.82, 2.24) is 14.2 Å². The third kappa shape index (κ3) is 5.76. The lowest BCUT2D eigenvalue weighted by Crippen LogP contribution is -2.41. The van der Waals surface area contributed by atoms with Gasteiger partial charge in [-0.2, -0.15) is 4.31 Å². The zero-order chi connectivity index (χ0) is 20.7. The molecule has 0 radical (unpaired) electrons. The van der Waals surface area contributed by atoms with Gasteiger partial charge in [-0.3, -0.25) is 14.6 Å². The van der Waals surface area contributed by atoms with E-state index in [4.69, 9.17) is 4.74 Å². The molecule has 0 N–H and O–H groups in total. The van der Waals surface area contributed by atoms with Gasteiger partial charge in [-0.05, 0) is 37.8 Å². The number of rotatable bonds is 5. The molecular weight excluding hydrogens is 394 g/mol. The first-order chi connectivity index (χ1) is 14.0. The summed E-state index contributed by atoms with van der Waals surface area (Å²) in [4.78, 5) is 30.5. The molecule has 0 aliphatic carbocycles. The SMILES string of the molecule is O=C(OCC(=O)N1CCCCCCC1)C1CCN(S(=O)(=O)c2cccnc2)CC1. The predicted octanol–water partition coefficient (Wildman–Crippen LogP) is 1.82. The second-order valence-electron chi connectivity index (χ2n) is 7.62. The van der Waals surface area contributed by atoms with Crippen LogP contribution in [0.5, 0.6) is 0 Å². The van der Waals surface area contributed by atoms with Crippen LogP contribution in [0.3, 0.4) is 0 Å². The molecule has 2 saturated heterocycles. The number of sulfonamides is 1. The minimum absolute atomic E-state index is 0.142. The summed E-state index contributed by atoms with van der Waals surface area (Å²) >= 11 is 0. The lowest BCUT2D eigenvalue weighted by Gasteiger charge is -2.30. The average Bonchev–Trinajstić information content (AvgIpc) is 2.72. The molecule has 3 heterocycles. The van der Waals surface area contributed by atoms with Crippen LogP contribution >= 0.6 is 0 Å². The van der Waals surface area contributed by atoms with Gasteiger partial charge in [-0.1, -0.05) is 19.3 Å². The number of esters is 1. The van der Waals surface area contributed by atoms with Gasteiger partial charge in [-0.15, -0.1) is 0 Å². The Morgan fingerprint density at radius 2 is 1.69 bits per heavy atom. The standard InChI is InChI=1S/C20H29N3O5S/c24-19(22-11-4-2-1-3-5-12-22)16-28-20(25)17-8-13-23(14-9-17)29(26,27)18-7-6-10-21-15-18/h6-7,10,15,17H,1-5,8-9,11-14,16H2. The molecule has 2 aliphatic heterocycles. The van der Waals surface area contributed by atoms with Crippen LogP contribution in [0.1, 0.15) is 44.9 Å². The fourth-order valence-electron chi connectivity index (χ4n) is 3.82. The maximum absolute atomic E-state index is 12.6. The summed E-state index contributed by atoms with van der Waals surface area (Å²) in [5, 5.41) is 0. The molecule has 2 aliphatic rings. The number of hydrogen-bond acceptors (Lipinski definition) is 6. The van der Waals surface area contributed by atoms with Gasteiger partial charge in [0.2, 0.25) is 10.0 Å². The molecule has 8 nitrogen and oxygen atoms in total. The smallest absolute Gasteiger partial charge is 0.309 e. The summed E-state index contributed by atoms with van der Waals surface area (Å²) < 4.78 is 31.9. The van der Waals surface area contributed by atoms with Crippen LogP contribution < -0.4 is 0 Å². The van der Waals surface area contributed by atoms with Crippen LogP contribution in [0, 0.1) is 5.92 Å². The maximum Gasteiger partial charge on any atom is 0.309 e. The molecule has 0 aromatic carbocycles. The molecule has 1 amide bonds. The fourth-order valence-corrected chi connectivity index (χ4v) is 5.25. The predicted molar refractivity (Wildman–Crippen MR) is 106 cm³/mol. The number of carbonyl (C=O) groups excluding carboxylic acids is 2. The third-order valence-corrected chi connectivity index (χ3v) is 7.49. The van der Waals surface area contributed by atoms with E-state index in [2.05, 4.69) is 4.98 Å². The highest BCUT2D eigenvalue weighted by Crippen LogP contribution is 2.24. The van der Waals surface area contributed by atoms with Crippen molar-refractivity contribution in [3.8, 4) is 0 Å². The van der Waals surface area contributed by atoms with Crippen molar-refractivity contribution in [2.75, 3.05) is 32.8 Å². The van der Waals surface area contributed by atoms with Crippen LogP contribution in [-0.2, 0) is 24.3 Å². The molecule has 0 saturated carbocycles. The normalized spacial score (nSPS) is 19.9. The van der Waals surface area contributed by atoms with Gasteiger partial charge in [0.1, 0.15) is 4.90 Å². The zero-order valence-corrected chi connectivity index (χ0v) is 17.5. The van der Waals surface area contributed by atoms with Crippen LogP contribution in [0.25, 0.3) is 0 Å². The topological polar surface area (TPSA) is 96.9 Å². The first-order valence-electron chi connectivity index (χ1n) is 10.3. The minimum Gasteiger partial charge on any atom is -0.455 e. The Hall–Kier alpha value is -2.00. The van der Waals surface area contributed by atoms with Crippen molar-refractivity contribution in [2.45, 2.75) is 49.8 Å². The summed E-state index contributed by atoms with van der Waals surface area (Å²) in [6, 6.07) is 3.10. The number of aromatic nitrogens is 1. The Labute approximate surface area is 172 Å². The average molecular weight is 424 g/mol. The number of pyridine rings is 1. The number of ether oxygens (including phenoxy) is 1. The molecule has 0 spiro atoms. The Bertz CT molecular complexity index is 784. The van der Waals surface area contributed by atoms with Gasteiger partial charge < -0.3 is 9.64 Å². The Balaban J connectivity index is 1.45. The van der Waals surface area contributed by atoms with Crippen LogP contribution in [0.4, 0.5) is 0 Å². The van der Waals surface area contributed by atoms with E-state index < -0.39 is 16.0 Å². The van der Waals surface area contributed by atoms with E-state index in [1.54, 1.807) is 11.0 Å². The number of amides is 1. The van der Waals surface area contributed by atoms with Gasteiger partial charge >= 0.3 is 5.97 Å². The number of carbonyl (C=O) groups is 2. The van der Waals surface area contributed by atoms with E-state index in [0.29, 0.717) is 12.8 Å². The van der Waals surface area contributed by atoms with Crippen molar-refractivity contribution in [3.05, 3.63) is 24.5 Å². The molecule has 9 heteroatoms. The Morgan fingerprint density at radius 1 is 1.03 bits per heavy atom. The summed E-state index contributed by atoms with van der Waals surface area (Å²) in [5.74, 6) is -0.934. The maximum atomic E-state index is 12.6. The molecular formula is C20H29N3O5S. The van der Waals surface area contributed by atoms with Crippen molar-refractivity contribution >= 4 is 21.9 Å². The van der Waals surface area contributed by atoms with E-state index in [-0.39, 0.29) is 36.4 Å². The Morgan fingerprint density at radius 3 is 2.31 bits per heavy atom. The molecule has 29 heavy (non-hydrogen) atoms. The molecule has 1 aromatic heterocycles. The van der Waals surface area contributed by atoms with Gasteiger partial charge in [-0.25, -0.2) is 8.42 Å². The molecule has 0 unspecified atom stereocenters. The summed E-state index contributed by atoms with van der Waals surface area (Å²) in [6.45, 7) is 1.71. The Kier molecular flexibility index (Phi) is 7.60. The van der Waals surface area contributed by atoms with Crippen molar-refractivity contribution in [2.24, 2.45) is 5.92 Å². The lowest BCUT2D eigenvalue weighted by atomic mass is 9.98. The van der Waals surface area contributed by atoms with Crippen molar-refractivity contribution in [3.63, 3.8) is 0 Å². The second kappa shape index (κ2) is 10.2. The van der Waals surface area contributed by atoms with Gasteiger partial charge in [0, 0.05) is 38.6 Å². The summed E-state index contributed by atoms with van der Waals surface area (Å²) in [6.07, 6.45) is 9.07. The number of hydrogen-bond donors (Lipinski definition) is 0. The zero-order valence-electron chi connectivity index (χ0n) is 16.7. The van der Waals surface area contributed by atoms with Crippen molar-refractivity contribution < 1.29 is 22.7 Å². The van der Waals surface area contributed by atoms with Crippen molar-refractivity contribution in [1.29, 1.82) is 0 Å². The fraction of sp³-hybridized carbons (Fsp3) is 0.650. The van der Waals surface area contributed by atoms with Crippen LogP contribution in [-0.4, -0.2) is 67.3 Å². The van der Waals surface area contributed by atoms with Gasteiger partial charge in [0.25, 0.3) is 5.91 Å². The summed E-state index contributed by atoms with van der Waals surface area (Å²) in [5.41, 5.74) is 0. The van der Waals surface area contributed by atoms with E-state index >= 15 is 0 Å². The molecule has 0 bridgehead atoms. The van der Waals surface area contributed by atoms with Crippen LogP contribution in [0.15, 0.2) is 29.4 Å². The van der Waals surface area contributed by atoms with Gasteiger partial charge in [0.15, 0.2) is 6.61 Å². The number of piperidine rings is 1. The molecule has 0 atom stereocenters. The third-order valence-electron chi connectivity index (χ3n) is 5.61. The molecule has 1 aromatic rings. The number of nitrogens with zero attached hydrogens (tertiary/aromatic N) is 3. The highest BCUT2D eigenvalue weighted by molar-refractivity contribution is 7.89. The first kappa shape index (κ1) is 21.7. The molecule has 3 rings (SSSR count). The molecule has 2 fully saturated rings. The highest BCUT2D eigenvalue weighted by atomic mass is 32.2. The lowest BCUT2D eigenvalue weighted by molar-refractivity contribution is -0.156. The van der Waals surface area contributed by atoms with E-state index in [0.717, 1.165) is 38.8 Å². The highest BCUT2D eigenvalue weighted by Gasteiger charge is 2.33. The monoisotopic (exact) mass is 423 g/mol. The van der Waals surface area contributed by atoms with Crippen LogP contribution in [0.2, 0.25) is 0 Å².